The Morgan fingerprint density at radius 2 is 2.07 bits per heavy atom. The van der Waals surface area contributed by atoms with Crippen molar-refractivity contribution in [2.75, 3.05) is 32.1 Å². The Morgan fingerprint density at radius 3 is 2.73 bits per heavy atom. The second-order valence-electron chi connectivity index (χ2n) is 4.41. The number of rotatable bonds is 2. The van der Waals surface area contributed by atoms with Crippen molar-refractivity contribution >= 4 is 5.69 Å². The Hall–Kier alpha value is -1.09. The highest BCUT2D eigenvalue weighted by molar-refractivity contribution is 5.45. The van der Waals surface area contributed by atoms with E-state index in [0.29, 0.717) is 6.04 Å². The molecule has 1 aliphatic heterocycles. The number of hydrogen-bond donors (Lipinski definition) is 0. The van der Waals surface area contributed by atoms with E-state index in [1.807, 2.05) is 12.4 Å². The fourth-order valence-electron chi connectivity index (χ4n) is 2.17. The Balaban J connectivity index is 2.05. The average Bonchev–Trinajstić information content (AvgIpc) is 2.30. The summed E-state index contributed by atoms with van der Waals surface area (Å²) in [5.41, 5.74) is 1.30. The largest absolute Gasteiger partial charge is 0.370 e. The zero-order chi connectivity index (χ0) is 10.7. The van der Waals surface area contributed by atoms with Gasteiger partial charge in [-0.25, -0.2) is 0 Å². The summed E-state index contributed by atoms with van der Waals surface area (Å²) in [7, 11) is 4.33. The summed E-state index contributed by atoms with van der Waals surface area (Å²) in [5.74, 6) is 0. The maximum Gasteiger partial charge on any atom is 0.0397 e. The van der Waals surface area contributed by atoms with E-state index in [1.165, 1.54) is 25.1 Å². The van der Waals surface area contributed by atoms with Gasteiger partial charge in [0.15, 0.2) is 0 Å². The van der Waals surface area contributed by atoms with Crippen molar-refractivity contribution in [2.24, 2.45) is 0 Å². The lowest BCUT2D eigenvalue weighted by molar-refractivity contribution is 0.258. The highest BCUT2D eigenvalue weighted by Crippen LogP contribution is 2.20. The lowest BCUT2D eigenvalue weighted by Gasteiger charge is -2.37. The summed E-state index contributed by atoms with van der Waals surface area (Å²) in [4.78, 5) is 8.84. The Bertz CT molecular complexity index is 297. The van der Waals surface area contributed by atoms with Gasteiger partial charge in [-0.2, -0.15) is 0 Å². The molecule has 0 bridgehead atoms. The molecule has 1 aromatic heterocycles. The first-order valence-corrected chi connectivity index (χ1v) is 5.59. The van der Waals surface area contributed by atoms with Crippen LogP contribution in [0.25, 0.3) is 0 Å². The van der Waals surface area contributed by atoms with Gasteiger partial charge in [0, 0.05) is 37.2 Å². The fraction of sp³-hybridized carbons (Fsp3) is 0.583. The minimum atomic E-state index is 0.687. The van der Waals surface area contributed by atoms with E-state index < -0.39 is 0 Å². The zero-order valence-corrected chi connectivity index (χ0v) is 9.56. The average molecular weight is 205 g/mol. The molecule has 1 aliphatic rings. The van der Waals surface area contributed by atoms with Gasteiger partial charge in [-0.1, -0.05) is 0 Å². The fourth-order valence-corrected chi connectivity index (χ4v) is 2.17. The van der Waals surface area contributed by atoms with E-state index in [9.17, 15) is 0 Å². The zero-order valence-electron chi connectivity index (χ0n) is 9.56. The van der Waals surface area contributed by atoms with Gasteiger partial charge < -0.3 is 9.80 Å². The molecule has 0 amide bonds. The molecule has 0 saturated carbocycles. The molecule has 2 rings (SSSR count). The van der Waals surface area contributed by atoms with Gasteiger partial charge in [0.25, 0.3) is 0 Å². The predicted molar refractivity (Wildman–Crippen MR) is 63.2 cm³/mol. The molecule has 3 nitrogen and oxygen atoms in total. The quantitative estimate of drug-likeness (QED) is 0.731. The van der Waals surface area contributed by atoms with Crippen molar-refractivity contribution in [1.29, 1.82) is 0 Å². The summed E-state index contributed by atoms with van der Waals surface area (Å²) in [6.07, 6.45) is 6.34. The van der Waals surface area contributed by atoms with Gasteiger partial charge in [0.2, 0.25) is 0 Å². The van der Waals surface area contributed by atoms with Crippen LogP contribution in [0, 0.1) is 0 Å². The molecule has 0 aromatic carbocycles. The van der Waals surface area contributed by atoms with Gasteiger partial charge in [-0.05, 0) is 39.1 Å². The van der Waals surface area contributed by atoms with Crippen LogP contribution in [0.1, 0.15) is 12.8 Å². The van der Waals surface area contributed by atoms with E-state index in [2.05, 4.69) is 41.0 Å². The third kappa shape index (κ3) is 2.48. The van der Waals surface area contributed by atoms with Crippen LogP contribution in [-0.2, 0) is 0 Å². The van der Waals surface area contributed by atoms with Crippen LogP contribution in [-0.4, -0.2) is 43.1 Å². The molecule has 0 spiro atoms. The SMILES string of the molecule is CN(C)C1CCCN(c2ccncc2)C1. The number of likely N-dealkylation sites (N-methyl/N-ethyl adjacent to an activating group) is 1. The van der Waals surface area contributed by atoms with Crippen LogP contribution in [0.3, 0.4) is 0 Å². The summed E-state index contributed by atoms with van der Waals surface area (Å²) in [6, 6.07) is 4.88. The standard InChI is InChI=1S/C12H19N3/c1-14(2)12-4-3-9-15(10-12)11-5-7-13-8-6-11/h5-8,12H,3-4,9-10H2,1-2H3. The lowest BCUT2D eigenvalue weighted by atomic mass is 10.0. The number of piperidine rings is 1. The van der Waals surface area contributed by atoms with Crippen LogP contribution >= 0.6 is 0 Å². The van der Waals surface area contributed by atoms with Crippen LogP contribution in [0.2, 0.25) is 0 Å². The molecule has 1 saturated heterocycles. The number of pyridine rings is 1. The summed E-state index contributed by atoms with van der Waals surface area (Å²) >= 11 is 0. The van der Waals surface area contributed by atoms with Crippen LogP contribution in [0.4, 0.5) is 5.69 Å². The van der Waals surface area contributed by atoms with E-state index in [-0.39, 0.29) is 0 Å². The van der Waals surface area contributed by atoms with Gasteiger partial charge in [0.1, 0.15) is 0 Å². The molecule has 1 unspecified atom stereocenters. The molecule has 0 aliphatic carbocycles. The Morgan fingerprint density at radius 1 is 1.33 bits per heavy atom. The van der Waals surface area contributed by atoms with E-state index in [0.717, 1.165) is 6.54 Å². The van der Waals surface area contributed by atoms with Crippen LogP contribution in [0.15, 0.2) is 24.5 Å². The summed E-state index contributed by atoms with van der Waals surface area (Å²) in [5, 5.41) is 0. The van der Waals surface area contributed by atoms with Gasteiger partial charge in [0.05, 0.1) is 0 Å². The van der Waals surface area contributed by atoms with Crippen molar-refractivity contribution in [3.63, 3.8) is 0 Å². The molecule has 3 heteroatoms. The van der Waals surface area contributed by atoms with E-state index in [4.69, 9.17) is 0 Å². The number of aromatic nitrogens is 1. The van der Waals surface area contributed by atoms with Crippen LogP contribution in [0.5, 0.6) is 0 Å². The van der Waals surface area contributed by atoms with Crippen molar-refractivity contribution in [2.45, 2.75) is 18.9 Å². The molecule has 0 radical (unpaired) electrons. The molecule has 0 N–H and O–H groups in total. The monoisotopic (exact) mass is 205 g/mol. The third-order valence-electron chi connectivity index (χ3n) is 3.15. The first-order chi connectivity index (χ1) is 7.27. The Labute approximate surface area is 91.7 Å². The van der Waals surface area contributed by atoms with Crippen LogP contribution < -0.4 is 4.90 Å². The Kier molecular flexibility index (Phi) is 3.21. The van der Waals surface area contributed by atoms with Gasteiger partial charge in [-0.3, -0.25) is 4.98 Å². The third-order valence-corrected chi connectivity index (χ3v) is 3.15. The molecule has 82 valence electrons. The smallest absolute Gasteiger partial charge is 0.0397 e. The topological polar surface area (TPSA) is 19.4 Å². The predicted octanol–water partition coefficient (Wildman–Crippen LogP) is 1.61. The number of hydrogen-bond acceptors (Lipinski definition) is 3. The highest BCUT2D eigenvalue weighted by Gasteiger charge is 2.21. The van der Waals surface area contributed by atoms with Gasteiger partial charge >= 0.3 is 0 Å². The molecule has 1 atom stereocenters. The number of anilines is 1. The second kappa shape index (κ2) is 4.62. The summed E-state index contributed by atoms with van der Waals surface area (Å²) < 4.78 is 0. The molecule has 15 heavy (non-hydrogen) atoms. The van der Waals surface area contributed by atoms with E-state index in [1.54, 1.807) is 0 Å². The minimum Gasteiger partial charge on any atom is -0.370 e. The molecule has 1 fully saturated rings. The maximum absolute atomic E-state index is 4.06. The molecular weight excluding hydrogens is 186 g/mol. The molecule has 1 aromatic rings. The maximum atomic E-state index is 4.06. The summed E-state index contributed by atoms with van der Waals surface area (Å²) in [6.45, 7) is 2.31. The minimum absolute atomic E-state index is 0.687. The van der Waals surface area contributed by atoms with Crippen molar-refractivity contribution in [3.05, 3.63) is 24.5 Å². The van der Waals surface area contributed by atoms with Crippen molar-refractivity contribution < 1.29 is 0 Å². The van der Waals surface area contributed by atoms with E-state index >= 15 is 0 Å². The van der Waals surface area contributed by atoms with Crippen molar-refractivity contribution in [3.8, 4) is 0 Å². The normalized spacial score (nSPS) is 22.1. The highest BCUT2D eigenvalue weighted by atomic mass is 15.2. The van der Waals surface area contributed by atoms with Crippen molar-refractivity contribution in [1.82, 2.24) is 9.88 Å². The number of nitrogens with zero attached hydrogens (tertiary/aromatic N) is 3. The molecular formula is C12H19N3. The molecule has 2 heterocycles. The first-order valence-electron chi connectivity index (χ1n) is 5.59. The van der Waals surface area contributed by atoms with Gasteiger partial charge in [-0.15, -0.1) is 0 Å². The lowest BCUT2D eigenvalue weighted by Crippen LogP contribution is -2.45. The first kappa shape index (κ1) is 10.4. The second-order valence-corrected chi connectivity index (χ2v) is 4.41.